The van der Waals surface area contributed by atoms with Crippen molar-refractivity contribution < 1.29 is 14.3 Å². The minimum absolute atomic E-state index is 0.0194. The number of amides is 2. The molecule has 0 aromatic carbocycles. The van der Waals surface area contributed by atoms with Crippen LogP contribution in [0.25, 0.3) is 0 Å². The highest BCUT2D eigenvalue weighted by Crippen LogP contribution is 2.08. The van der Waals surface area contributed by atoms with Crippen molar-refractivity contribution in [2.75, 3.05) is 13.2 Å². The molecule has 0 aliphatic carbocycles. The number of carbonyl (C=O) groups is 2. The zero-order valence-electron chi connectivity index (χ0n) is 9.37. The Morgan fingerprint density at radius 2 is 1.93 bits per heavy atom. The van der Waals surface area contributed by atoms with Crippen LogP contribution in [0.3, 0.4) is 0 Å². The molecule has 5 heteroatoms. The molecule has 1 saturated heterocycles. The minimum Gasteiger partial charge on any atom is -0.368 e. The van der Waals surface area contributed by atoms with Gasteiger partial charge in [-0.15, -0.1) is 0 Å². The Kier molecular flexibility index (Phi) is 4.08. The van der Waals surface area contributed by atoms with E-state index < -0.39 is 0 Å². The van der Waals surface area contributed by atoms with Crippen LogP contribution in [0, 0.1) is 5.92 Å². The Hall–Kier alpha value is -1.10. The molecular weight excluding hydrogens is 196 g/mol. The van der Waals surface area contributed by atoms with Crippen LogP contribution in [0.5, 0.6) is 0 Å². The second-order valence-electron chi connectivity index (χ2n) is 4.02. The fourth-order valence-corrected chi connectivity index (χ4v) is 1.31. The fourth-order valence-electron chi connectivity index (χ4n) is 1.31. The van der Waals surface area contributed by atoms with Gasteiger partial charge < -0.3 is 15.4 Å². The summed E-state index contributed by atoms with van der Waals surface area (Å²) >= 11 is 0. The maximum absolute atomic E-state index is 11.6. The molecule has 1 aliphatic heterocycles. The van der Waals surface area contributed by atoms with Crippen LogP contribution in [-0.2, 0) is 14.3 Å². The van der Waals surface area contributed by atoms with E-state index in [-0.39, 0.29) is 36.5 Å². The molecule has 0 aromatic rings. The normalized spacial score (nSPS) is 34.2. The lowest BCUT2D eigenvalue weighted by atomic mass is 10.0. The van der Waals surface area contributed by atoms with E-state index in [0.717, 1.165) is 0 Å². The quantitative estimate of drug-likeness (QED) is 0.580. The second kappa shape index (κ2) is 5.11. The SMILES string of the molecule is CC1CNC(=O)COC(C)C(C)C(=O)N1. The van der Waals surface area contributed by atoms with Crippen molar-refractivity contribution in [3.63, 3.8) is 0 Å². The molecule has 0 bridgehead atoms. The van der Waals surface area contributed by atoms with E-state index in [1.54, 1.807) is 13.8 Å². The van der Waals surface area contributed by atoms with E-state index in [0.29, 0.717) is 6.54 Å². The maximum atomic E-state index is 11.6. The molecule has 86 valence electrons. The van der Waals surface area contributed by atoms with Crippen LogP contribution in [0.15, 0.2) is 0 Å². The van der Waals surface area contributed by atoms with Crippen LogP contribution in [0.4, 0.5) is 0 Å². The van der Waals surface area contributed by atoms with Gasteiger partial charge in [-0.25, -0.2) is 0 Å². The van der Waals surface area contributed by atoms with Gasteiger partial charge in [-0.05, 0) is 13.8 Å². The highest BCUT2D eigenvalue weighted by atomic mass is 16.5. The van der Waals surface area contributed by atoms with Crippen molar-refractivity contribution in [3.8, 4) is 0 Å². The fraction of sp³-hybridized carbons (Fsp3) is 0.800. The van der Waals surface area contributed by atoms with Gasteiger partial charge in [0.05, 0.1) is 12.0 Å². The summed E-state index contributed by atoms with van der Waals surface area (Å²) in [6.07, 6.45) is -0.249. The van der Waals surface area contributed by atoms with Crippen LogP contribution in [0.1, 0.15) is 20.8 Å². The monoisotopic (exact) mass is 214 g/mol. The van der Waals surface area contributed by atoms with Crippen LogP contribution in [-0.4, -0.2) is 37.1 Å². The third kappa shape index (κ3) is 3.51. The highest BCUT2D eigenvalue weighted by Gasteiger charge is 2.24. The molecule has 0 saturated carbocycles. The van der Waals surface area contributed by atoms with Crippen molar-refractivity contribution in [2.45, 2.75) is 32.9 Å². The van der Waals surface area contributed by atoms with Crippen LogP contribution >= 0.6 is 0 Å². The number of hydrogen-bond donors (Lipinski definition) is 2. The number of carbonyl (C=O) groups excluding carboxylic acids is 2. The van der Waals surface area contributed by atoms with Gasteiger partial charge in [0.1, 0.15) is 6.61 Å². The van der Waals surface area contributed by atoms with Gasteiger partial charge in [0, 0.05) is 12.6 Å². The Morgan fingerprint density at radius 3 is 2.60 bits per heavy atom. The first-order chi connectivity index (χ1) is 7.00. The predicted molar refractivity (Wildman–Crippen MR) is 55.2 cm³/mol. The first-order valence-corrected chi connectivity index (χ1v) is 5.19. The summed E-state index contributed by atoms with van der Waals surface area (Å²) in [5, 5.41) is 5.50. The standard InChI is InChI=1S/C10H18N2O3/c1-6-4-11-9(13)5-15-8(3)7(2)10(14)12-6/h6-8H,4-5H2,1-3H3,(H,11,13)(H,12,14). The summed E-state index contributed by atoms with van der Waals surface area (Å²) in [4.78, 5) is 22.9. The first-order valence-electron chi connectivity index (χ1n) is 5.19. The lowest BCUT2D eigenvalue weighted by molar-refractivity contribution is -0.136. The summed E-state index contributed by atoms with van der Waals surface area (Å²) in [5.74, 6) is -0.415. The van der Waals surface area contributed by atoms with Crippen molar-refractivity contribution in [3.05, 3.63) is 0 Å². The molecule has 1 aliphatic rings. The van der Waals surface area contributed by atoms with Gasteiger partial charge >= 0.3 is 0 Å². The summed E-state index contributed by atoms with van der Waals surface area (Å²) in [5.41, 5.74) is 0. The van der Waals surface area contributed by atoms with E-state index in [2.05, 4.69) is 10.6 Å². The van der Waals surface area contributed by atoms with Gasteiger partial charge in [-0.2, -0.15) is 0 Å². The van der Waals surface area contributed by atoms with E-state index in [4.69, 9.17) is 4.74 Å². The topological polar surface area (TPSA) is 67.4 Å². The minimum atomic E-state index is -0.249. The summed E-state index contributed by atoms with van der Waals surface area (Å²) in [6.45, 7) is 5.91. The maximum Gasteiger partial charge on any atom is 0.246 e. The number of nitrogens with one attached hydrogen (secondary N) is 2. The van der Waals surface area contributed by atoms with Gasteiger partial charge in [0.2, 0.25) is 11.8 Å². The van der Waals surface area contributed by atoms with E-state index in [9.17, 15) is 9.59 Å². The molecule has 1 rings (SSSR count). The molecule has 15 heavy (non-hydrogen) atoms. The first kappa shape index (κ1) is 12.0. The zero-order chi connectivity index (χ0) is 11.4. The summed E-state index contributed by atoms with van der Waals surface area (Å²) in [7, 11) is 0. The molecular formula is C10H18N2O3. The Balaban J connectivity index is 2.65. The largest absolute Gasteiger partial charge is 0.368 e. The number of ether oxygens (including phenoxy) is 1. The molecule has 5 nitrogen and oxygen atoms in total. The Morgan fingerprint density at radius 1 is 1.27 bits per heavy atom. The van der Waals surface area contributed by atoms with Crippen LogP contribution < -0.4 is 10.6 Å². The third-order valence-corrected chi connectivity index (χ3v) is 2.59. The molecule has 0 spiro atoms. The van der Waals surface area contributed by atoms with Crippen molar-refractivity contribution >= 4 is 11.8 Å². The highest BCUT2D eigenvalue weighted by molar-refractivity contribution is 5.80. The van der Waals surface area contributed by atoms with E-state index in [1.165, 1.54) is 0 Å². The zero-order valence-corrected chi connectivity index (χ0v) is 9.37. The van der Waals surface area contributed by atoms with Gasteiger partial charge in [0.25, 0.3) is 0 Å². The Bertz CT molecular complexity index is 255. The molecule has 3 unspecified atom stereocenters. The molecule has 1 heterocycles. The molecule has 2 amide bonds. The average molecular weight is 214 g/mol. The van der Waals surface area contributed by atoms with Crippen molar-refractivity contribution in [1.82, 2.24) is 10.6 Å². The second-order valence-corrected chi connectivity index (χ2v) is 4.02. The predicted octanol–water partition coefficient (Wildman–Crippen LogP) is -0.338. The van der Waals surface area contributed by atoms with Crippen molar-refractivity contribution in [1.29, 1.82) is 0 Å². The molecule has 3 atom stereocenters. The van der Waals surface area contributed by atoms with E-state index in [1.807, 2.05) is 6.92 Å². The molecule has 1 fully saturated rings. The average Bonchev–Trinajstić information content (AvgIpc) is 2.20. The summed E-state index contributed by atoms with van der Waals surface area (Å²) in [6, 6.07) is -0.0470. The summed E-state index contributed by atoms with van der Waals surface area (Å²) < 4.78 is 5.28. The number of rotatable bonds is 0. The lowest BCUT2D eigenvalue weighted by Crippen LogP contribution is -2.48. The number of hydrogen-bond acceptors (Lipinski definition) is 3. The van der Waals surface area contributed by atoms with Gasteiger partial charge in [0.15, 0.2) is 0 Å². The van der Waals surface area contributed by atoms with E-state index >= 15 is 0 Å². The van der Waals surface area contributed by atoms with Gasteiger partial charge in [-0.1, -0.05) is 6.92 Å². The van der Waals surface area contributed by atoms with Crippen molar-refractivity contribution in [2.24, 2.45) is 5.92 Å². The lowest BCUT2D eigenvalue weighted by Gasteiger charge is -2.24. The van der Waals surface area contributed by atoms with Gasteiger partial charge in [-0.3, -0.25) is 9.59 Å². The smallest absolute Gasteiger partial charge is 0.246 e. The molecule has 0 aromatic heterocycles. The Labute approximate surface area is 89.6 Å². The van der Waals surface area contributed by atoms with Crippen LogP contribution in [0.2, 0.25) is 0 Å². The third-order valence-electron chi connectivity index (χ3n) is 2.59. The molecule has 2 N–H and O–H groups in total. The molecule has 0 radical (unpaired) electrons.